The lowest BCUT2D eigenvalue weighted by Gasteiger charge is -2.14. The number of aryl methyl sites for hydroxylation is 1. The Labute approximate surface area is 253 Å². The maximum Gasteiger partial charge on any atom is 0.253 e. The van der Waals surface area contributed by atoms with Crippen molar-refractivity contribution in [2.45, 2.75) is 30.8 Å². The number of benzene rings is 4. The molecular formula is C32H29ClN6O2S. The topological polar surface area (TPSA) is 93.4 Å². The molecule has 0 aliphatic carbocycles. The van der Waals surface area contributed by atoms with Crippen LogP contribution in [0.3, 0.4) is 0 Å². The number of nitrogens with one attached hydrogen (secondary N) is 2. The summed E-state index contributed by atoms with van der Waals surface area (Å²) in [6, 6.07) is 32.5. The lowest BCUT2D eigenvalue weighted by molar-refractivity contribution is -0.120. The van der Waals surface area contributed by atoms with Crippen LogP contribution >= 0.6 is 23.4 Å². The second-order valence-electron chi connectivity index (χ2n) is 9.36. The Kier molecular flexibility index (Phi) is 9.53. The van der Waals surface area contributed by atoms with Gasteiger partial charge in [-0.2, -0.15) is 5.10 Å². The van der Waals surface area contributed by atoms with Crippen LogP contribution in [0.15, 0.2) is 113 Å². The Morgan fingerprint density at radius 1 is 0.976 bits per heavy atom. The number of hydrogen-bond donors (Lipinski definition) is 2. The molecule has 0 radical (unpaired) electrons. The molecule has 0 saturated carbocycles. The van der Waals surface area contributed by atoms with Gasteiger partial charge in [0.1, 0.15) is 11.5 Å². The van der Waals surface area contributed by atoms with Crippen molar-refractivity contribution in [2.75, 3.05) is 5.32 Å². The predicted octanol–water partition coefficient (Wildman–Crippen LogP) is 7.26. The third-order valence-corrected chi connectivity index (χ3v) is 7.49. The van der Waals surface area contributed by atoms with E-state index in [1.54, 1.807) is 6.21 Å². The number of rotatable bonds is 11. The standard InChI is InChI=1S/C32H29ClN6O2S/c1-22-18-25(33)16-17-29(22)34-21-30-36-38-32(39(30)26-11-5-3-6-12-26)42-23(2)31(40)37-35-20-24-10-9-15-28(19-24)41-27-13-7-4-8-14-27/h3-20,23,34H,21H2,1-2H3,(H,37,40). The molecule has 1 atom stereocenters. The Morgan fingerprint density at radius 3 is 2.48 bits per heavy atom. The molecule has 0 fully saturated rings. The molecule has 0 bridgehead atoms. The predicted molar refractivity (Wildman–Crippen MR) is 169 cm³/mol. The quantitative estimate of drug-likeness (QED) is 0.0946. The summed E-state index contributed by atoms with van der Waals surface area (Å²) in [5.74, 6) is 1.87. The van der Waals surface area contributed by atoms with Crippen molar-refractivity contribution in [3.63, 3.8) is 0 Å². The zero-order chi connectivity index (χ0) is 29.3. The van der Waals surface area contributed by atoms with Crippen molar-refractivity contribution in [1.29, 1.82) is 0 Å². The average Bonchev–Trinajstić information content (AvgIpc) is 3.40. The number of aromatic nitrogens is 3. The van der Waals surface area contributed by atoms with E-state index in [4.69, 9.17) is 16.3 Å². The zero-order valence-corrected chi connectivity index (χ0v) is 24.6. The summed E-state index contributed by atoms with van der Waals surface area (Å²) < 4.78 is 7.83. The summed E-state index contributed by atoms with van der Waals surface area (Å²) in [4.78, 5) is 12.9. The maximum absolute atomic E-state index is 12.9. The highest BCUT2D eigenvalue weighted by molar-refractivity contribution is 8.00. The van der Waals surface area contributed by atoms with E-state index in [2.05, 4.69) is 26.0 Å². The third kappa shape index (κ3) is 7.57. The fourth-order valence-electron chi connectivity index (χ4n) is 4.08. The monoisotopic (exact) mass is 596 g/mol. The van der Waals surface area contributed by atoms with Crippen molar-refractivity contribution in [1.82, 2.24) is 20.2 Å². The van der Waals surface area contributed by atoms with Gasteiger partial charge in [0.15, 0.2) is 11.0 Å². The van der Waals surface area contributed by atoms with Gasteiger partial charge in [-0.25, -0.2) is 5.43 Å². The number of ether oxygens (including phenoxy) is 1. The Balaban J connectivity index is 1.24. The molecular weight excluding hydrogens is 568 g/mol. The van der Waals surface area contributed by atoms with Crippen LogP contribution in [-0.4, -0.2) is 32.1 Å². The number of thioether (sulfide) groups is 1. The van der Waals surface area contributed by atoms with Gasteiger partial charge < -0.3 is 10.1 Å². The SMILES string of the molecule is Cc1cc(Cl)ccc1NCc1nnc(SC(C)C(=O)NN=Cc2cccc(Oc3ccccc3)c2)n1-c1ccccc1. The lowest BCUT2D eigenvalue weighted by Crippen LogP contribution is -2.27. The molecule has 2 N–H and O–H groups in total. The van der Waals surface area contributed by atoms with Crippen molar-refractivity contribution < 1.29 is 9.53 Å². The molecule has 1 amide bonds. The number of anilines is 1. The molecule has 5 rings (SSSR count). The minimum Gasteiger partial charge on any atom is -0.457 e. The molecule has 1 aromatic heterocycles. The lowest BCUT2D eigenvalue weighted by atomic mass is 10.2. The molecule has 4 aromatic carbocycles. The number of hydrazone groups is 1. The molecule has 8 nitrogen and oxygen atoms in total. The first-order chi connectivity index (χ1) is 20.5. The molecule has 0 aliphatic rings. The smallest absolute Gasteiger partial charge is 0.253 e. The molecule has 212 valence electrons. The Bertz CT molecular complexity index is 1680. The summed E-state index contributed by atoms with van der Waals surface area (Å²) in [6.45, 7) is 4.24. The number of para-hydroxylation sites is 2. The van der Waals surface area contributed by atoms with Crippen LogP contribution in [0.5, 0.6) is 11.5 Å². The van der Waals surface area contributed by atoms with Gasteiger partial charge in [0.2, 0.25) is 0 Å². The first kappa shape index (κ1) is 28.9. The van der Waals surface area contributed by atoms with E-state index in [1.807, 2.05) is 122 Å². The zero-order valence-electron chi connectivity index (χ0n) is 23.1. The number of hydrogen-bond acceptors (Lipinski definition) is 7. The second-order valence-corrected chi connectivity index (χ2v) is 11.1. The van der Waals surface area contributed by atoms with Crippen molar-refractivity contribution >= 4 is 41.2 Å². The van der Waals surface area contributed by atoms with Crippen molar-refractivity contribution in [2.24, 2.45) is 5.10 Å². The summed E-state index contributed by atoms with van der Waals surface area (Å²) in [7, 11) is 0. The fourth-order valence-corrected chi connectivity index (χ4v) is 5.19. The molecule has 0 saturated heterocycles. The van der Waals surface area contributed by atoms with Gasteiger partial charge >= 0.3 is 0 Å². The van der Waals surface area contributed by atoms with Crippen LogP contribution < -0.4 is 15.5 Å². The summed E-state index contributed by atoms with van der Waals surface area (Å²) in [6.07, 6.45) is 1.59. The summed E-state index contributed by atoms with van der Waals surface area (Å²) in [5, 5.41) is 17.2. The van der Waals surface area contributed by atoms with Gasteiger partial charge in [-0.3, -0.25) is 9.36 Å². The highest BCUT2D eigenvalue weighted by atomic mass is 35.5. The molecule has 1 heterocycles. The van der Waals surface area contributed by atoms with Gasteiger partial charge in [-0.05, 0) is 79.6 Å². The number of halogens is 1. The number of carbonyl (C=O) groups excluding carboxylic acids is 1. The van der Waals surface area contributed by atoms with E-state index in [0.717, 1.165) is 28.3 Å². The Morgan fingerprint density at radius 2 is 1.71 bits per heavy atom. The molecule has 1 unspecified atom stereocenters. The number of amides is 1. The van der Waals surface area contributed by atoms with E-state index in [0.29, 0.717) is 28.3 Å². The van der Waals surface area contributed by atoms with E-state index in [1.165, 1.54) is 11.8 Å². The van der Waals surface area contributed by atoms with E-state index in [-0.39, 0.29) is 5.91 Å². The first-order valence-corrected chi connectivity index (χ1v) is 14.5. The van der Waals surface area contributed by atoms with Gasteiger partial charge in [-0.15, -0.1) is 10.2 Å². The van der Waals surface area contributed by atoms with Crippen LogP contribution in [0.25, 0.3) is 5.69 Å². The van der Waals surface area contributed by atoms with Crippen LogP contribution in [-0.2, 0) is 11.3 Å². The highest BCUT2D eigenvalue weighted by Crippen LogP contribution is 2.27. The van der Waals surface area contributed by atoms with Crippen molar-refractivity contribution in [3.05, 3.63) is 125 Å². The van der Waals surface area contributed by atoms with E-state index < -0.39 is 5.25 Å². The van der Waals surface area contributed by atoms with Crippen LogP contribution in [0.4, 0.5) is 5.69 Å². The second kappa shape index (κ2) is 13.8. The first-order valence-electron chi connectivity index (χ1n) is 13.3. The summed E-state index contributed by atoms with van der Waals surface area (Å²) in [5.41, 5.74) is 6.31. The van der Waals surface area contributed by atoms with Crippen LogP contribution in [0.1, 0.15) is 23.9 Å². The average molecular weight is 597 g/mol. The molecule has 0 spiro atoms. The summed E-state index contributed by atoms with van der Waals surface area (Å²) >= 11 is 7.42. The van der Waals surface area contributed by atoms with Crippen LogP contribution in [0.2, 0.25) is 5.02 Å². The fraction of sp³-hybridized carbons (Fsp3) is 0.125. The number of nitrogens with zero attached hydrogens (tertiary/aromatic N) is 4. The largest absolute Gasteiger partial charge is 0.457 e. The third-order valence-electron chi connectivity index (χ3n) is 6.22. The molecule has 10 heteroatoms. The van der Waals surface area contributed by atoms with Gasteiger partial charge in [0, 0.05) is 16.4 Å². The van der Waals surface area contributed by atoms with Gasteiger partial charge in [0.05, 0.1) is 18.0 Å². The molecule has 5 aromatic rings. The maximum atomic E-state index is 12.9. The minimum absolute atomic E-state index is 0.257. The minimum atomic E-state index is -0.485. The number of carbonyl (C=O) groups is 1. The van der Waals surface area contributed by atoms with Crippen LogP contribution in [0, 0.1) is 6.92 Å². The van der Waals surface area contributed by atoms with Gasteiger partial charge in [-0.1, -0.05) is 71.9 Å². The molecule has 42 heavy (non-hydrogen) atoms. The van der Waals surface area contributed by atoms with Crippen molar-refractivity contribution in [3.8, 4) is 17.2 Å². The van der Waals surface area contributed by atoms with E-state index >= 15 is 0 Å². The highest BCUT2D eigenvalue weighted by Gasteiger charge is 2.21. The molecule has 0 aliphatic heterocycles. The normalized spacial score (nSPS) is 11.8. The van der Waals surface area contributed by atoms with E-state index in [9.17, 15) is 4.79 Å². The Hall–Kier alpha value is -4.60. The van der Waals surface area contributed by atoms with Gasteiger partial charge in [0.25, 0.3) is 5.91 Å².